The van der Waals surface area contributed by atoms with Gasteiger partial charge in [0.1, 0.15) is 0 Å². The van der Waals surface area contributed by atoms with E-state index in [0.29, 0.717) is 5.02 Å². The highest BCUT2D eigenvalue weighted by Crippen LogP contribution is 2.33. The molecule has 0 aliphatic rings. The third kappa shape index (κ3) is 3.14. The van der Waals surface area contributed by atoms with Gasteiger partial charge in [0.2, 0.25) is 0 Å². The molecule has 96 valence electrons. The Hall–Kier alpha value is -0.730. The molecule has 1 N–H and O–H groups in total. The lowest BCUT2D eigenvalue weighted by Crippen LogP contribution is -2.40. The van der Waals surface area contributed by atoms with Crippen LogP contribution in [0, 0.1) is 0 Å². The van der Waals surface area contributed by atoms with E-state index in [1.165, 1.54) is 0 Å². The molecular formula is C14H22ClNO. The standard InChI is InChI=1S/C14H22ClNO/c1-6-14(3,4)16(5)13-8-7-11(10(2)17)9-12(13)15/h7-10,17H,6H2,1-5H3. The minimum absolute atomic E-state index is 0.0655. The van der Waals surface area contributed by atoms with Crippen LogP contribution in [0.1, 0.15) is 45.8 Å². The van der Waals surface area contributed by atoms with Crippen LogP contribution in [0.5, 0.6) is 0 Å². The molecule has 1 aromatic carbocycles. The molecule has 0 aromatic heterocycles. The van der Waals surface area contributed by atoms with Crippen LogP contribution in [0.2, 0.25) is 5.02 Å². The number of nitrogens with zero attached hydrogens (tertiary/aromatic N) is 1. The summed E-state index contributed by atoms with van der Waals surface area (Å²) in [6, 6.07) is 5.74. The number of rotatable bonds is 4. The van der Waals surface area contributed by atoms with E-state index in [2.05, 4.69) is 25.7 Å². The van der Waals surface area contributed by atoms with Crippen molar-refractivity contribution >= 4 is 17.3 Å². The average molecular weight is 256 g/mol. The summed E-state index contributed by atoms with van der Waals surface area (Å²) in [4.78, 5) is 2.18. The quantitative estimate of drug-likeness (QED) is 0.879. The maximum absolute atomic E-state index is 9.51. The Labute approximate surface area is 109 Å². The topological polar surface area (TPSA) is 23.5 Å². The highest BCUT2D eigenvalue weighted by atomic mass is 35.5. The van der Waals surface area contributed by atoms with Gasteiger partial charge in [-0.25, -0.2) is 0 Å². The normalized spacial score (nSPS) is 13.6. The molecular weight excluding hydrogens is 234 g/mol. The molecule has 0 bridgehead atoms. The van der Waals surface area contributed by atoms with Crippen molar-refractivity contribution in [3.63, 3.8) is 0 Å². The second-order valence-electron chi connectivity index (χ2n) is 5.11. The number of hydrogen-bond donors (Lipinski definition) is 1. The van der Waals surface area contributed by atoms with E-state index in [-0.39, 0.29) is 5.54 Å². The van der Waals surface area contributed by atoms with Crippen LogP contribution >= 0.6 is 11.6 Å². The van der Waals surface area contributed by atoms with E-state index in [1.807, 2.05) is 25.2 Å². The van der Waals surface area contributed by atoms with Crippen LogP contribution in [-0.2, 0) is 0 Å². The van der Waals surface area contributed by atoms with Crippen molar-refractivity contribution in [3.05, 3.63) is 28.8 Å². The lowest BCUT2D eigenvalue weighted by molar-refractivity contribution is 0.199. The summed E-state index contributed by atoms with van der Waals surface area (Å²) >= 11 is 6.28. The Balaban J connectivity index is 3.08. The van der Waals surface area contributed by atoms with Gasteiger partial charge >= 0.3 is 0 Å². The Morgan fingerprint density at radius 1 is 1.41 bits per heavy atom. The monoisotopic (exact) mass is 255 g/mol. The molecule has 0 heterocycles. The van der Waals surface area contributed by atoms with Crippen molar-refractivity contribution < 1.29 is 5.11 Å². The molecule has 0 aliphatic carbocycles. The zero-order valence-electron chi connectivity index (χ0n) is 11.3. The van der Waals surface area contributed by atoms with E-state index in [9.17, 15) is 5.11 Å². The van der Waals surface area contributed by atoms with E-state index in [1.54, 1.807) is 6.92 Å². The van der Waals surface area contributed by atoms with Crippen LogP contribution < -0.4 is 4.90 Å². The average Bonchev–Trinajstić information content (AvgIpc) is 2.27. The van der Waals surface area contributed by atoms with Gasteiger partial charge in [0, 0.05) is 12.6 Å². The number of halogens is 1. The minimum atomic E-state index is -0.481. The molecule has 0 saturated carbocycles. The van der Waals surface area contributed by atoms with Gasteiger partial charge in [0.25, 0.3) is 0 Å². The fraction of sp³-hybridized carbons (Fsp3) is 0.571. The SMILES string of the molecule is CCC(C)(C)N(C)c1ccc(C(C)O)cc1Cl. The summed E-state index contributed by atoms with van der Waals surface area (Å²) in [5, 5.41) is 10.2. The van der Waals surface area contributed by atoms with Gasteiger partial charge in [-0.05, 0) is 44.9 Å². The summed E-state index contributed by atoms with van der Waals surface area (Å²) in [5.74, 6) is 0. The fourth-order valence-corrected chi connectivity index (χ4v) is 1.93. The number of aliphatic hydroxyl groups excluding tert-OH is 1. The second-order valence-corrected chi connectivity index (χ2v) is 5.52. The predicted octanol–water partition coefficient (Wildman–Crippen LogP) is 4.02. The first-order chi connectivity index (χ1) is 7.79. The molecule has 1 rings (SSSR count). The molecule has 1 atom stereocenters. The molecule has 0 aliphatic heterocycles. The predicted molar refractivity (Wildman–Crippen MR) is 74.9 cm³/mol. The maximum atomic E-state index is 9.51. The van der Waals surface area contributed by atoms with Gasteiger partial charge in [0.15, 0.2) is 0 Å². The zero-order valence-corrected chi connectivity index (χ0v) is 12.0. The molecule has 0 spiro atoms. The number of anilines is 1. The second kappa shape index (κ2) is 5.28. The molecule has 1 unspecified atom stereocenters. The van der Waals surface area contributed by atoms with Gasteiger partial charge in [-0.1, -0.05) is 24.6 Å². The fourth-order valence-electron chi connectivity index (χ4n) is 1.62. The van der Waals surface area contributed by atoms with Crippen LogP contribution in [0.4, 0.5) is 5.69 Å². The Morgan fingerprint density at radius 3 is 2.41 bits per heavy atom. The van der Waals surface area contributed by atoms with E-state index in [4.69, 9.17) is 11.6 Å². The molecule has 2 nitrogen and oxygen atoms in total. The van der Waals surface area contributed by atoms with Crippen molar-refractivity contribution in [2.75, 3.05) is 11.9 Å². The molecule has 0 fully saturated rings. The molecule has 3 heteroatoms. The van der Waals surface area contributed by atoms with E-state index >= 15 is 0 Å². The zero-order chi connectivity index (χ0) is 13.2. The summed E-state index contributed by atoms with van der Waals surface area (Å²) in [6.45, 7) is 8.28. The number of hydrogen-bond acceptors (Lipinski definition) is 2. The van der Waals surface area contributed by atoms with E-state index in [0.717, 1.165) is 17.7 Å². The van der Waals surface area contributed by atoms with E-state index < -0.39 is 6.10 Å². The van der Waals surface area contributed by atoms with Gasteiger partial charge in [-0.3, -0.25) is 0 Å². The van der Waals surface area contributed by atoms with Crippen LogP contribution in [0.25, 0.3) is 0 Å². The van der Waals surface area contributed by atoms with Crippen molar-refractivity contribution in [2.24, 2.45) is 0 Å². The van der Waals surface area contributed by atoms with Crippen molar-refractivity contribution in [1.82, 2.24) is 0 Å². The molecule has 0 saturated heterocycles. The van der Waals surface area contributed by atoms with Crippen molar-refractivity contribution in [2.45, 2.75) is 45.8 Å². The van der Waals surface area contributed by atoms with Crippen molar-refractivity contribution in [1.29, 1.82) is 0 Å². The van der Waals surface area contributed by atoms with Gasteiger partial charge in [0.05, 0.1) is 16.8 Å². The van der Waals surface area contributed by atoms with Gasteiger partial charge in [-0.2, -0.15) is 0 Å². The highest BCUT2D eigenvalue weighted by molar-refractivity contribution is 6.33. The Kier molecular flexibility index (Phi) is 4.45. The highest BCUT2D eigenvalue weighted by Gasteiger charge is 2.23. The first kappa shape index (κ1) is 14.3. The third-order valence-corrected chi connectivity index (χ3v) is 3.89. The number of benzene rings is 1. The Morgan fingerprint density at radius 2 is 2.00 bits per heavy atom. The van der Waals surface area contributed by atoms with Crippen molar-refractivity contribution in [3.8, 4) is 0 Å². The summed E-state index contributed by atoms with van der Waals surface area (Å²) in [5.41, 5.74) is 1.92. The van der Waals surface area contributed by atoms with Crippen LogP contribution in [0.3, 0.4) is 0 Å². The van der Waals surface area contributed by atoms with Gasteiger partial charge < -0.3 is 10.0 Å². The Bertz CT molecular complexity index is 388. The maximum Gasteiger partial charge on any atom is 0.0762 e. The first-order valence-electron chi connectivity index (χ1n) is 6.01. The largest absolute Gasteiger partial charge is 0.389 e. The molecule has 0 radical (unpaired) electrons. The molecule has 0 amide bonds. The molecule has 1 aromatic rings. The summed E-state index contributed by atoms with van der Waals surface area (Å²) in [7, 11) is 2.05. The smallest absolute Gasteiger partial charge is 0.0762 e. The van der Waals surface area contributed by atoms with Crippen LogP contribution in [0.15, 0.2) is 18.2 Å². The third-order valence-electron chi connectivity index (χ3n) is 3.59. The summed E-state index contributed by atoms with van der Waals surface area (Å²) in [6.07, 6.45) is 0.559. The number of aliphatic hydroxyl groups is 1. The summed E-state index contributed by atoms with van der Waals surface area (Å²) < 4.78 is 0. The minimum Gasteiger partial charge on any atom is -0.389 e. The molecule has 17 heavy (non-hydrogen) atoms. The lowest BCUT2D eigenvalue weighted by Gasteiger charge is -2.37. The van der Waals surface area contributed by atoms with Gasteiger partial charge in [-0.15, -0.1) is 0 Å². The van der Waals surface area contributed by atoms with Crippen LogP contribution in [-0.4, -0.2) is 17.7 Å². The first-order valence-corrected chi connectivity index (χ1v) is 6.38. The lowest BCUT2D eigenvalue weighted by atomic mass is 9.98.